The minimum absolute atomic E-state index is 0.298. The van der Waals surface area contributed by atoms with E-state index in [1.54, 1.807) is 43.0 Å². The minimum atomic E-state index is -0.556. The maximum atomic E-state index is 13.4. The van der Waals surface area contributed by atoms with Gasteiger partial charge in [0.1, 0.15) is 11.6 Å². The lowest BCUT2D eigenvalue weighted by Gasteiger charge is -2.35. The first-order valence-corrected chi connectivity index (χ1v) is 11.7. The smallest absolute Gasteiger partial charge is 0.295 e. The molecule has 0 spiro atoms. The van der Waals surface area contributed by atoms with E-state index in [-0.39, 0.29) is 0 Å². The summed E-state index contributed by atoms with van der Waals surface area (Å²) < 4.78 is 7.38. The average molecular weight is 481 g/mol. The Kier molecular flexibility index (Phi) is 5.37. The number of amides is 1. The molecule has 9 heteroatoms. The Bertz CT molecular complexity index is 1580. The van der Waals surface area contributed by atoms with Crippen LogP contribution in [0.25, 0.3) is 27.4 Å². The molecule has 1 aliphatic heterocycles. The van der Waals surface area contributed by atoms with Crippen molar-refractivity contribution < 1.29 is 14.3 Å². The van der Waals surface area contributed by atoms with Gasteiger partial charge >= 0.3 is 0 Å². The SMILES string of the molecule is COc1ccc(-n2ccnc2)c2[nH]cc(C(=O)C(=O)N3CCN(c4nccc5ccccc45)CC3)c12. The number of imidazole rings is 1. The monoisotopic (exact) mass is 480 g/mol. The Morgan fingerprint density at radius 3 is 2.61 bits per heavy atom. The number of aromatic nitrogens is 4. The van der Waals surface area contributed by atoms with Crippen LogP contribution in [0.2, 0.25) is 0 Å². The molecule has 36 heavy (non-hydrogen) atoms. The number of nitrogens with one attached hydrogen (secondary N) is 1. The van der Waals surface area contributed by atoms with Gasteiger partial charge in [-0.15, -0.1) is 0 Å². The summed E-state index contributed by atoms with van der Waals surface area (Å²) >= 11 is 0. The second kappa shape index (κ2) is 8.84. The van der Waals surface area contributed by atoms with Crippen molar-refractivity contribution in [1.29, 1.82) is 0 Å². The van der Waals surface area contributed by atoms with Gasteiger partial charge in [-0.05, 0) is 23.6 Å². The topological polar surface area (TPSA) is 96.3 Å². The molecule has 0 radical (unpaired) electrons. The molecule has 1 fully saturated rings. The van der Waals surface area contributed by atoms with Gasteiger partial charge in [-0.3, -0.25) is 9.59 Å². The van der Waals surface area contributed by atoms with Crippen LogP contribution in [0.1, 0.15) is 10.4 Å². The van der Waals surface area contributed by atoms with Crippen molar-refractivity contribution in [3.8, 4) is 11.4 Å². The van der Waals surface area contributed by atoms with E-state index in [0.717, 1.165) is 22.3 Å². The second-order valence-electron chi connectivity index (χ2n) is 8.67. The van der Waals surface area contributed by atoms with Crippen molar-refractivity contribution in [2.75, 3.05) is 38.2 Å². The van der Waals surface area contributed by atoms with Gasteiger partial charge in [0.05, 0.1) is 35.6 Å². The lowest BCUT2D eigenvalue weighted by atomic mass is 10.1. The summed E-state index contributed by atoms with van der Waals surface area (Å²) in [6.45, 7) is 2.08. The van der Waals surface area contributed by atoms with Gasteiger partial charge in [0.25, 0.3) is 11.7 Å². The maximum absolute atomic E-state index is 13.4. The predicted molar refractivity (Wildman–Crippen MR) is 137 cm³/mol. The van der Waals surface area contributed by atoms with Gasteiger partial charge in [-0.1, -0.05) is 24.3 Å². The molecule has 9 nitrogen and oxygen atoms in total. The highest BCUT2D eigenvalue weighted by Gasteiger charge is 2.30. The Labute approximate surface area is 206 Å². The minimum Gasteiger partial charge on any atom is -0.496 e. The highest BCUT2D eigenvalue weighted by molar-refractivity contribution is 6.45. The van der Waals surface area contributed by atoms with Crippen LogP contribution in [-0.4, -0.2) is 69.4 Å². The molecule has 0 unspecified atom stereocenters. The number of H-pyrrole nitrogens is 1. The van der Waals surface area contributed by atoms with Crippen molar-refractivity contribution >= 4 is 39.2 Å². The van der Waals surface area contributed by atoms with Crippen molar-refractivity contribution in [2.45, 2.75) is 0 Å². The number of hydrogen-bond acceptors (Lipinski definition) is 6. The van der Waals surface area contributed by atoms with Gasteiger partial charge in [-0.25, -0.2) is 9.97 Å². The van der Waals surface area contributed by atoms with E-state index in [1.165, 1.54) is 0 Å². The average Bonchev–Trinajstić information content (AvgIpc) is 3.63. The summed E-state index contributed by atoms with van der Waals surface area (Å²) in [4.78, 5) is 42.3. The van der Waals surface area contributed by atoms with Crippen molar-refractivity contribution in [2.24, 2.45) is 0 Å². The zero-order chi connectivity index (χ0) is 24.6. The second-order valence-corrected chi connectivity index (χ2v) is 8.67. The largest absolute Gasteiger partial charge is 0.496 e. The number of ketones is 1. The van der Waals surface area contributed by atoms with E-state index >= 15 is 0 Å². The number of nitrogens with zero attached hydrogens (tertiary/aromatic N) is 5. The molecule has 2 aromatic carbocycles. The van der Waals surface area contributed by atoms with Crippen molar-refractivity contribution in [3.63, 3.8) is 0 Å². The van der Waals surface area contributed by atoms with Gasteiger partial charge in [0.2, 0.25) is 0 Å². The van der Waals surface area contributed by atoms with Gasteiger partial charge in [0.15, 0.2) is 0 Å². The molecule has 5 aromatic rings. The molecule has 1 amide bonds. The summed E-state index contributed by atoms with van der Waals surface area (Å²) in [5.74, 6) is 0.355. The molecule has 3 aromatic heterocycles. The molecule has 1 aliphatic rings. The molecule has 1 N–H and O–H groups in total. The summed E-state index contributed by atoms with van der Waals surface area (Å²) in [7, 11) is 1.55. The first kappa shape index (κ1) is 21.8. The third-order valence-electron chi connectivity index (χ3n) is 6.74. The number of piperazine rings is 1. The van der Waals surface area contributed by atoms with Crippen LogP contribution in [0, 0.1) is 0 Å². The zero-order valence-corrected chi connectivity index (χ0v) is 19.7. The third-order valence-corrected chi connectivity index (χ3v) is 6.74. The number of rotatable bonds is 5. The number of carbonyl (C=O) groups excluding carboxylic acids is 2. The first-order valence-electron chi connectivity index (χ1n) is 11.7. The number of ether oxygens (including phenoxy) is 1. The summed E-state index contributed by atoms with van der Waals surface area (Å²) in [5.41, 5.74) is 1.81. The van der Waals surface area contributed by atoms with E-state index in [0.29, 0.717) is 48.4 Å². The molecular weight excluding hydrogens is 456 g/mol. The van der Waals surface area contributed by atoms with Crippen LogP contribution in [0.5, 0.6) is 5.75 Å². The molecular formula is C27H24N6O3. The molecule has 0 aliphatic carbocycles. The standard InChI is InChI=1S/C27H24N6O3/c1-36-22-7-6-21(33-11-10-28-17-33)24-23(22)20(16-30-24)25(34)27(35)32-14-12-31(13-15-32)26-19-5-3-2-4-18(19)8-9-29-26/h2-11,16-17,30H,12-15H2,1H3. The first-order chi connectivity index (χ1) is 17.7. The van der Waals surface area contributed by atoms with E-state index in [2.05, 4.69) is 32.0 Å². The number of pyridine rings is 1. The number of carbonyl (C=O) groups is 2. The van der Waals surface area contributed by atoms with Crippen LogP contribution >= 0.6 is 0 Å². The Balaban J connectivity index is 1.25. The van der Waals surface area contributed by atoms with Crippen LogP contribution in [0.3, 0.4) is 0 Å². The van der Waals surface area contributed by atoms with E-state index < -0.39 is 11.7 Å². The molecule has 6 rings (SSSR count). The van der Waals surface area contributed by atoms with Crippen LogP contribution < -0.4 is 9.64 Å². The Morgan fingerprint density at radius 1 is 1.00 bits per heavy atom. The third kappa shape index (κ3) is 3.56. The van der Waals surface area contributed by atoms with E-state index in [1.807, 2.05) is 35.0 Å². The summed E-state index contributed by atoms with van der Waals surface area (Å²) in [6, 6.07) is 13.8. The highest BCUT2D eigenvalue weighted by Crippen LogP contribution is 2.33. The molecule has 0 bridgehead atoms. The Morgan fingerprint density at radius 2 is 1.83 bits per heavy atom. The fourth-order valence-electron chi connectivity index (χ4n) is 4.90. The molecule has 0 saturated carbocycles. The number of aromatic amines is 1. The summed E-state index contributed by atoms with van der Waals surface area (Å²) in [6.07, 6.45) is 8.57. The number of methoxy groups -OCH3 is 1. The van der Waals surface area contributed by atoms with Crippen molar-refractivity contribution in [1.82, 2.24) is 24.4 Å². The van der Waals surface area contributed by atoms with Crippen LogP contribution in [0.4, 0.5) is 5.82 Å². The molecule has 180 valence electrons. The number of anilines is 1. The van der Waals surface area contributed by atoms with E-state index in [9.17, 15) is 9.59 Å². The van der Waals surface area contributed by atoms with Crippen LogP contribution in [-0.2, 0) is 4.79 Å². The molecule has 4 heterocycles. The zero-order valence-electron chi connectivity index (χ0n) is 19.7. The fraction of sp³-hybridized carbons (Fsp3) is 0.185. The van der Waals surface area contributed by atoms with Gasteiger partial charge < -0.3 is 24.1 Å². The molecule has 0 atom stereocenters. The number of fused-ring (bicyclic) bond motifs is 2. The maximum Gasteiger partial charge on any atom is 0.295 e. The predicted octanol–water partition coefficient (Wildman–Crippen LogP) is 3.44. The normalized spacial score (nSPS) is 13.9. The lowest BCUT2D eigenvalue weighted by Crippen LogP contribution is -2.50. The van der Waals surface area contributed by atoms with Gasteiger partial charge in [-0.2, -0.15) is 0 Å². The van der Waals surface area contributed by atoms with E-state index in [4.69, 9.17) is 4.74 Å². The number of benzene rings is 2. The Hall–Kier alpha value is -4.66. The van der Waals surface area contributed by atoms with Gasteiger partial charge in [0, 0.05) is 56.4 Å². The molecule has 1 saturated heterocycles. The lowest BCUT2D eigenvalue weighted by molar-refractivity contribution is -0.126. The fourth-order valence-corrected chi connectivity index (χ4v) is 4.90. The summed E-state index contributed by atoms with van der Waals surface area (Å²) in [5, 5.41) is 2.79. The van der Waals surface area contributed by atoms with Crippen molar-refractivity contribution in [3.05, 3.63) is 79.1 Å². The number of Topliss-reactive ketones (excluding diaryl/α,β-unsaturated/α-hetero) is 1. The number of hydrogen-bond donors (Lipinski definition) is 1. The van der Waals surface area contributed by atoms with Crippen LogP contribution in [0.15, 0.2) is 73.6 Å². The quantitative estimate of drug-likeness (QED) is 0.306. The highest BCUT2D eigenvalue weighted by atomic mass is 16.5.